The third-order valence-corrected chi connectivity index (χ3v) is 5.78. The van der Waals surface area contributed by atoms with Crippen LogP contribution in [0, 0.1) is 0 Å². The number of hydrogen-bond acceptors (Lipinski definition) is 4. The van der Waals surface area contributed by atoms with Gasteiger partial charge in [-0.3, -0.25) is 0 Å². The summed E-state index contributed by atoms with van der Waals surface area (Å²) in [6, 6.07) is 12.2. The van der Waals surface area contributed by atoms with E-state index in [2.05, 4.69) is 11.4 Å². The summed E-state index contributed by atoms with van der Waals surface area (Å²) in [6.45, 7) is 0.671. The van der Waals surface area contributed by atoms with Gasteiger partial charge in [0.05, 0.1) is 18.6 Å². The van der Waals surface area contributed by atoms with Crippen LogP contribution >= 0.6 is 0 Å². The molecule has 2 aromatic carbocycles. The largest absolute Gasteiger partial charge is 0.496 e. The third kappa shape index (κ3) is 3.04. The van der Waals surface area contributed by atoms with Gasteiger partial charge >= 0.3 is 0 Å². The highest BCUT2D eigenvalue weighted by atomic mass is 32.2. The van der Waals surface area contributed by atoms with E-state index in [4.69, 9.17) is 4.74 Å². The quantitative estimate of drug-likeness (QED) is 0.940. The molecule has 5 heteroatoms. The Bertz CT molecular complexity index is 755. The maximum Gasteiger partial charge on any atom is 0.151 e. The summed E-state index contributed by atoms with van der Waals surface area (Å²) >= 11 is 0. The summed E-state index contributed by atoms with van der Waals surface area (Å²) in [7, 11) is -1.17. The van der Waals surface area contributed by atoms with E-state index in [1.54, 1.807) is 7.11 Å². The fraction of sp³-hybridized carbons (Fsp3) is 0.375. The molecule has 0 radical (unpaired) electrons. The van der Waals surface area contributed by atoms with E-state index in [0.29, 0.717) is 18.7 Å². The van der Waals surface area contributed by atoms with E-state index in [0.717, 1.165) is 22.1 Å². The first-order chi connectivity index (χ1) is 10.1. The Morgan fingerprint density at radius 1 is 1.19 bits per heavy atom. The van der Waals surface area contributed by atoms with Crippen molar-refractivity contribution >= 4 is 20.6 Å². The van der Waals surface area contributed by atoms with E-state index < -0.39 is 9.84 Å². The Morgan fingerprint density at radius 3 is 2.62 bits per heavy atom. The summed E-state index contributed by atoms with van der Waals surface area (Å²) in [5, 5.41) is 5.59. The molecule has 1 heterocycles. The van der Waals surface area contributed by atoms with E-state index >= 15 is 0 Å². The van der Waals surface area contributed by atoms with Crippen LogP contribution in [0.3, 0.4) is 0 Å². The van der Waals surface area contributed by atoms with Crippen molar-refractivity contribution < 1.29 is 13.2 Å². The second-order valence-electron chi connectivity index (χ2n) is 5.45. The minimum Gasteiger partial charge on any atom is -0.496 e. The molecule has 1 atom stereocenters. The first kappa shape index (κ1) is 14.4. The highest BCUT2D eigenvalue weighted by Gasteiger charge is 2.27. The number of hydrogen-bond donors (Lipinski definition) is 1. The van der Waals surface area contributed by atoms with Crippen molar-refractivity contribution in [1.29, 1.82) is 0 Å². The van der Waals surface area contributed by atoms with Crippen LogP contribution in [0.15, 0.2) is 36.4 Å². The molecule has 1 N–H and O–H groups in total. The normalized spacial score (nSPS) is 20.7. The zero-order valence-corrected chi connectivity index (χ0v) is 12.8. The predicted molar refractivity (Wildman–Crippen MR) is 84.4 cm³/mol. The molecule has 0 amide bonds. The van der Waals surface area contributed by atoms with Gasteiger partial charge in [0.1, 0.15) is 5.75 Å². The number of fused-ring (bicyclic) bond motifs is 1. The number of nitrogens with one attached hydrogen (secondary N) is 1. The molecule has 0 spiro atoms. The average molecular weight is 305 g/mol. The van der Waals surface area contributed by atoms with E-state index in [1.165, 1.54) is 0 Å². The molecular formula is C16H19NO3S. The van der Waals surface area contributed by atoms with Crippen molar-refractivity contribution in [1.82, 2.24) is 5.32 Å². The first-order valence-electron chi connectivity index (χ1n) is 7.07. The highest BCUT2D eigenvalue weighted by Crippen LogP contribution is 2.28. The van der Waals surface area contributed by atoms with Crippen LogP contribution < -0.4 is 10.1 Å². The lowest BCUT2D eigenvalue weighted by molar-refractivity contribution is 0.419. The lowest BCUT2D eigenvalue weighted by atomic mass is 10.0. The summed E-state index contributed by atoms with van der Waals surface area (Å²) in [6.07, 6.45) is 0.705. The van der Waals surface area contributed by atoms with Gasteiger partial charge in [-0.05, 0) is 23.4 Å². The molecular weight excluding hydrogens is 286 g/mol. The average Bonchev–Trinajstić information content (AvgIpc) is 2.84. The Balaban J connectivity index is 1.82. The van der Waals surface area contributed by atoms with Crippen LogP contribution in [0.2, 0.25) is 0 Å². The maximum atomic E-state index is 11.5. The fourth-order valence-corrected chi connectivity index (χ4v) is 4.58. The van der Waals surface area contributed by atoms with Crippen LogP contribution in [0.5, 0.6) is 5.75 Å². The molecule has 2 aromatic rings. The summed E-state index contributed by atoms with van der Waals surface area (Å²) in [5.41, 5.74) is 1.16. The van der Waals surface area contributed by atoms with Crippen molar-refractivity contribution in [2.45, 2.75) is 19.0 Å². The molecule has 4 nitrogen and oxygen atoms in total. The standard InChI is InChI=1S/C16H19NO3S/c1-20-16-7-6-12(14-4-2-3-5-15(14)16)10-17-13-8-9-21(18,19)11-13/h2-7,13,17H,8-11H2,1H3/t13-/m1/s1. The van der Waals surface area contributed by atoms with Crippen LogP contribution in [0.4, 0.5) is 0 Å². The minimum atomic E-state index is -2.84. The molecule has 3 rings (SSSR count). The fourth-order valence-electron chi connectivity index (χ4n) is 2.88. The van der Waals surface area contributed by atoms with Crippen molar-refractivity contribution in [3.8, 4) is 5.75 Å². The molecule has 0 aliphatic carbocycles. The lowest BCUT2D eigenvalue weighted by Gasteiger charge is -2.14. The van der Waals surface area contributed by atoms with Crippen LogP contribution in [0.1, 0.15) is 12.0 Å². The SMILES string of the molecule is COc1ccc(CN[C@@H]2CCS(=O)(=O)C2)c2ccccc12. The smallest absolute Gasteiger partial charge is 0.151 e. The zero-order chi connectivity index (χ0) is 14.9. The Morgan fingerprint density at radius 2 is 1.95 bits per heavy atom. The number of methoxy groups -OCH3 is 1. The second kappa shape index (κ2) is 5.66. The minimum absolute atomic E-state index is 0.0656. The first-order valence-corrected chi connectivity index (χ1v) is 8.89. The molecule has 0 bridgehead atoms. The zero-order valence-electron chi connectivity index (χ0n) is 12.0. The van der Waals surface area contributed by atoms with Crippen LogP contribution in [0.25, 0.3) is 10.8 Å². The van der Waals surface area contributed by atoms with Gasteiger partial charge in [0.2, 0.25) is 0 Å². The molecule has 0 aromatic heterocycles. The molecule has 1 aliphatic rings. The molecule has 1 saturated heterocycles. The van der Waals surface area contributed by atoms with Crippen molar-refractivity contribution in [2.24, 2.45) is 0 Å². The monoisotopic (exact) mass is 305 g/mol. The molecule has 1 fully saturated rings. The number of sulfone groups is 1. The van der Waals surface area contributed by atoms with Gasteiger partial charge in [-0.15, -0.1) is 0 Å². The Hall–Kier alpha value is -1.59. The number of ether oxygens (including phenoxy) is 1. The van der Waals surface area contributed by atoms with Gasteiger partial charge in [-0.2, -0.15) is 0 Å². The predicted octanol–water partition coefficient (Wildman–Crippen LogP) is 2.13. The second-order valence-corrected chi connectivity index (χ2v) is 7.68. The van der Waals surface area contributed by atoms with Gasteiger partial charge in [-0.1, -0.05) is 30.3 Å². The summed E-state index contributed by atoms with van der Waals surface area (Å²) < 4.78 is 28.4. The van der Waals surface area contributed by atoms with Crippen LogP contribution in [-0.4, -0.2) is 33.1 Å². The molecule has 112 valence electrons. The van der Waals surface area contributed by atoms with E-state index in [1.807, 2.05) is 30.3 Å². The van der Waals surface area contributed by atoms with Crippen LogP contribution in [-0.2, 0) is 16.4 Å². The topological polar surface area (TPSA) is 55.4 Å². The summed E-state index contributed by atoms with van der Waals surface area (Å²) in [4.78, 5) is 0. The van der Waals surface area contributed by atoms with Gasteiger partial charge in [0.15, 0.2) is 9.84 Å². The van der Waals surface area contributed by atoms with Gasteiger partial charge in [-0.25, -0.2) is 8.42 Å². The molecule has 1 aliphatic heterocycles. The Labute approximate surface area is 125 Å². The van der Waals surface area contributed by atoms with Crippen molar-refractivity contribution in [3.05, 3.63) is 42.0 Å². The van der Waals surface area contributed by atoms with Gasteiger partial charge in [0, 0.05) is 18.0 Å². The van der Waals surface area contributed by atoms with E-state index in [9.17, 15) is 8.42 Å². The Kier molecular flexibility index (Phi) is 3.87. The van der Waals surface area contributed by atoms with Gasteiger partial charge in [0.25, 0.3) is 0 Å². The van der Waals surface area contributed by atoms with Crippen molar-refractivity contribution in [2.75, 3.05) is 18.6 Å². The van der Waals surface area contributed by atoms with Crippen molar-refractivity contribution in [3.63, 3.8) is 0 Å². The van der Waals surface area contributed by atoms with E-state index in [-0.39, 0.29) is 11.8 Å². The number of rotatable bonds is 4. The van der Waals surface area contributed by atoms with Gasteiger partial charge < -0.3 is 10.1 Å². The molecule has 0 saturated carbocycles. The highest BCUT2D eigenvalue weighted by molar-refractivity contribution is 7.91. The number of benzene rings is 2. The summed E-state index contributed by atoms with van der Waals surface area (Å²) in [5.74, 6) is 1.41. The molecule has 21 heavy (non-hydrogen) atoms. The molecule has 0 unspecified atom stereocenters. The third-order valence-electron chi connectivity index (χ3n) is 4.01. The lowest BCUT2D eigenvalue weighted by Crippen LogP contribution is -2.29. The maximum absolute atomic E-state index is 11.5.